The normalized spacial score (nSPS) is 20.3. The van der Waals surface area contributed by atoms with E-state index in [2.05, 4.69) is 63.3 Å². The van der Waals surface area contributed by atoms with Gasteiger partial charge >= 0.3 is 26.2 Å². The molecule has 3 rings (SSSR count). The first kappa shape index (κ1) is 21.6. The van der Waals surface area contributed by atoms with E-state index < -0.39 is 0 Å². The van der Waals surface area contributed by atoms with Crippen molar-refractivity contribution < 1.29 is 51.0 Å². The van der Waals surface area contributed by atoms with E-state index in [1.165, 1.54) is 22.3 Å². The maximum Gasteiger partial charge on any atom is 2.00 e. The van der Waals surface area contributed by atoms with E-state index >= 15 is 0 Å². The molecule has 0 aromatic carbocycles. The molecule has 0 aromatic rings. The number of fused-ring (bicyclic) bond motifs is 1. The topological polar surface area (TPSA) is 12.4 Å². The predicted molar refractivity (Wildman–Crippen MR) is 82.1 cm³/mol. The Hall–Kier alpha value is -0.427. The Labute approximate surface area is 164 Å². The van der Waals surface area contributed by atoms with Crippen molar-refractivity contribution in [1.82, 2.24) is 0 Å². The van der Waals surface area contributed by atoms with Crippen LogP contribution in [0, 0.1) is 5.92 Å². The van der Waals surface area contributed by atoms with Crippen LogP contribution >= 0.6 is 0 Å². The van der Waals surface area contributed by atoms with Gasteiger partial charge in [-0.2, -0.15) is 0 Å². The van der Waals surface area contributed by atoms with Crippen LogP contribution in [-0.2, 0) is 26.2 Å². The molecule has 1 atom stereocenters. The average Bonchev–Trinajstić information content (AvgIpc) is 3.02. The van der Waals surface area contributed by atoms with Crippen LogP contribution in [0.1, 0.15) is 27.2 Å². The SMILES string of the molecule is CCC1=CC(C2=C3C=CC=C3N=C2C=C(C)C)C=C1.[Cl-].[Cl-].[Zr+2]. The minimum absolute atomic E-state index is 0. The van der Waals surface area contributed by atoms with Gasteiger partial charge in [-0.05, 0) is 38.0 Å². The van der Waals surface area contributed by atoms with Crippen molar-refractivity contribution in [3.05, 3.63) is 70.5 Å². The Kier molecular flexibility index (Phi) is 8.84. The number of nitrogens with zero attached hydrogens (tertiary/aromatic N) is 1. The monoisotopic (exact) mass is 409 g/mol. The molecule has 0 radical (unpaired) electrons. The molecule has 1 nitrogen and oxygen atoms in total. The summed E-state index contributed by atoms with van der Waals surface area (Å²) in [6.45, 7) is 6.46. The fourth-order valence-corrected chi connectivity index (χ4v) is 2.78. The van der Waals surface area contributed by atoms with E-state index in [0.29, 0.717) is 5.92 Å². The molecule has 0 fully saturated rings. The first-order chi connectivity index (χ1) is 9.19. The minimum atomic E-state index is 0. The number of rotatable bonds is 3. The van der Waals surface area contributed by atoms with E-state index in [1.807, 2.05) is 0 Å². The fraction of sp³-hybridized carbons (Fsp3) is 0.278. The predicted octanol–water partition coefficient (Wildman–Crippen LogP) is -1.31. The number of allylic oxidation sites excluding steroid dienone is 10. The molecular weight excluding hydrogens is 392 g/mol. The minimum Gasteiger partial charge on any atom is -1.00 e. The summed E-state index contributed by atoms with van der Waals surface area (Å²) in [6.07, 6.45) is 16.6. The molecule has 114 valence electrons. The summed E-state index contributed by atoms with van der Waals surface area (Å²) in [6, 6.07) is 0. The van der Waals surface area contributed by atoms with Crippen molar-refractivity contribution in [1.29, 1.82) is 0 Å². The molecular formula is C18H19Cl2NZr. The molecule has 0 N–H and O–H groups in total. The molecule has 22 heavy (non-hydrogen) atoms. The van der Waals surface area contributed by atoms with Gasteiger partial charge in [0.2, 0.25) is 0 Å². The Morgan fingerprint density at radius 1 is 1.23 bits per heavy atom. The molecule has 1 aliphatic heterocycles. The molecule has 0 amide bonds. The maximum absolute atomic E-state index is 4.77. The van der Waals surface area contributed by atoms with Crippen LogP contribution in [0.4, 0.5) is 0 Å². The number of aliphatic imine (C=N–C) groups is 1. The zero-order valence-electron chi connectivity index (χ0n) is 13.0. The van der Waals surface area contributed by atoms with Crippen molar-refractivity contribution in [3.63, 3.8) is 0 Å². The zero-order chi connectivity index (χ0) is 13.4. The standard InChI is InChI=1S/C18H19N.2ClH.Zr/c1-4-13-8-9-14(11-13)18-15-6-5-7-16(15)19-17(18)10-12(2)3;;;/h5-11,14H,4H2,1-3H3;2*1H;/q;;;+2/p-2. The van der Waals surface area contributed by atoms with Crippen LogP contribution in [0.15, 0.2) is 75.5 Å². The average molecular weight is 411 g/mol. The van der Waals surface area contributed by atoms with Crippen molar-refractivity contribution >= 4 is 5.71 Å². The first-order valence-electron chi connectivity index (χ1n) is 6.95. The largest absolute Gasteiger partial charge is 2.00 e. The van der Waals surface area contributed by atoms with Crippen LogP contribution in [0.5, 0.6) is 0 Å². The summed E-state index contributed by atoms with van der Waals surface area (Å²) in [5.74, 6) is 0.382. The van der Waals surface area contributed by atoms with E-state index in [0.717, 1.165) is 17.8 Å². The van der Waals surface area contributed by atoms with Crippen molar-refractivity contribution in [2.45, 2.75) is 27.2 Å². The molecule has 0 saturated carbocycles. The number of hydrogen-bond acceptors (Lipinski definition) is 1. The van der Waals surface area contributed by atoms with Crippen LogP contribution in [0.2, 0.25) is 0 Å². The van der Waals surface area contributed by atoms with Gasteiger partial charge in [0, 0.05) is 11.5 Å². The van der Waals surface area contributed by atoms with E-state index in [4.69, 9.17) is 4.99 Å². The Morgan fingerprint density at radius 3 is 2.55 bits per heavy atom. The van der Waals surface area contributed by atoms with Crippen LogP contribution in [0.3, 0.4) is 0 Å². The van der Waals surface area contributed by atoms with Gasteiger partial charge in [0.05, 0.1) is 11.4 Å². The van der Waals surface area contributed by atoms with Crippen LogP contribution in [0.25, 0.3) is 0 Å². The van der Waals surface area contributed by atoms with Crippen molar-refractivity contribution in [2.24, 2.45) is 10.9 Å². The third kappa shape index (κ3) is 4.10. The molecule has 4 heteroatoms. The van der Waals surface area contributed by atoms with Gasteiger partial charge in [-0.25, -0.2) is 4.99 Å². The maximum atomic E-state index is 4.77. The van der Waals surface area contributed by atoms with E-state index in [1.54, 1.807) is 0 Å². The molecule has 1 unspecified atom stereocenters. The number of halogens is 2. The molecule has 0 aromatic heterocycles. The smallest absolute Gasteiger partial charge is 1.00 e. The fourth-order valence-electron chi connectivity index (χ4n) is 2.78. The molecule has 3 aliphatic rings. The van der Waals surface area contributed by atoms with Gasteiger partial charge in [0.15, 0.2) is 0 Å². The molecule has 0 bridgehead atoms. The summed E-state index contributed by atoms with van der Waals surface area (Å²) >= 11 is 0. The Bertz CT molecular complexity index is 642. The Morgan fingerprint density at radius 2 is 1.95 bits per heavy atom. The van der Waals surface area contributed by atoms with E-state index in [-0.39, 0.29) is 51.0 Å². The van der Waals surface area contributed by atoms with Crippen molar-refractivity contribution in [2.75, 3.05) is 0 Å². The Balaban J connectivity index is 0.00000147. The second-order valence-electron chi connectivity index (χ2n) is 5.44. The summed E-state index contributed by atoms with van der Waals surface area (Å²) in [4.78, 5) is 4.77. The summed E-state index contributed by atoms with van der Waals surface area (Å²) in [5, 5.41) is 0. The summed E-state index contributed by atoms with van der Waals surface area (Å²) < 4.78 is 0. The second kappa shape index (κ2) is 9.01. The third-order valence-corrected chi connectivity index (χ3v) is 3.68. The molecule has 0 spiro atoms. The molecule has 1 heterocycles. The quantitative estimate of drug-likeness (QED) is 0.547. The third-order valence-electron chi connectivity index (χ3n) is 3.68. The number of hydrogen-bond donors (Lipinski definition) is 0. The van der Waals surface area contributed by atoms with Crippen LogP contribution in [-0.4, -0.2) is 5.71 Å². The van der Waals surface area contributed by atoms with E-state index in [9.17, 15) is 0 Å². The van der Waals surface area contributed by atoms with Gasteiger partial charge in [0.1, 0.15) is 0 Å². The molecule has 0 saturated heterocycles. The van der Waals surface area contributed by atoms with Gasteiger partial charge in [-0.3, -0.25) is 0 Å². The van der Waals surface area contributed by atoms with Crippen LogP contribution < -0.4 is 24.8 Å². The van der Waals surface area contributed by atoms with Gasteiger partial charge < -0.3 is 24.8 Å². The first-order valence-corrected chi connectivity index (χ1v) is 6.95. The van der Waals surface area contributed by atoms with Crippen molar-refractivity contribution in [3.8, 4) is 0 Å². The second-order valence-corrected chi connectivity index (χ2v) is 5.44. The molecule has 2 aliphatic carbocycles. The summed E-state index contributed by atoms with van der Waals surface area (Å²) in [5.41, 5.74) is 7.64. The summed E-state index contributed by atoms with van der Waals surface area (Å²) in [7, 11) is 0. The van der Waals surface area contributed by atoms with Gasteiger partial charge in [-0.15, -0.1) is 0 Å². The zero-order valence-corrected chi connectivity index (χ0v) is 17.0. The van der Waals surface area contributed by atoms with Gasteiger partial charge in [0.25, 0.3) is 0 Å². The van der Waals surface area contributed by atoms with Gasteiger partial charge in [-0.1, -0.05) is 48.5 Å².